The van der Waals surface area contributed by atoms with Gasteiger partial charge >= 0.3 is 0 Å². The fraction of sp³-hybridized carbons (Fsp3) is 0.222. The van der Waals surface area contributed by atoms with Crippen molar-refractivity contribution in [2.75, 3.05) is 26.2 Å². The third-order valence-electron chi connectivity index (χ3n) is 6.16. The zero-order chi connectivity index (χ0) is 22.6. The molecule has 33 heavy (non-hydrogen) atoms. The summed E-state index contributed by atoms with van der Waals surface area (Å²) in [5.41, 5.74) is 3.80. The van der Waals surface area contributed by atoms with Gasteiger partial charge in [0.15, 0.2) is 0 Å². The summed E-state index contributed by atoms with van der Waals surface area (Å²) in [4.78, 5) is 6.81. The van der Waals surface area contributed by atoms with Gasteiger partial charge in [-0.2, -0.15) is 0 Å². The molecular weight excluding hydrogens is 410 g/mol. The second kappa shape index (κ2) is 9.38. The van der Waals surface area contributed by atoms with Gasteiger partial charge in [0.1, 0.15) is 23.7 Å². The van der Waals surface area contributed by atoms with Crippen LogP contribution >= 0.6 is 0 Å². The Morgan fingerprint density at radius 2 is 1.73 bits per heavy atom. The zero-order valence-corrected chi connectivity index (χ0v) is 18.5. The molecule has 0 spiro atoms. The quantitative estimate of drug-likeness (QED) is 0.344. The highest BCUT2D eigenvalue weighted by atomic mass is 16.5. The van der Waals surface area contributed by atoms with Crippen LogP contribution in [-0.2, 0) is 0 Å². The van der Waals surface area contributed by atoms with Crippen LogP contribution in [0, 0.1) is 10.8 Å². The highest BCUT2D eigenvalue weighted by Gasteiger charge is 2.12. The SMILES string of the molecule is N=C(c1ccnc2ccccc12)n1ccc(-c2ccc(OCCN3CCCC3)cc2)cc1=N. The fourth-order valence-corrected chi connectivity index (χ4v) is 4.35. The molecule has 0 radical (unpaired) electrons. The number of hydrogen-bond acceptors (Lipinski definition) is 5. The Labute approximate surface area is 193 Å². The summed E-state index contributed by atoms with van der Waals surface area (Å²) in [6, 6.07) is 21.3. The van der Waals surface area contributed by atoms with E-state index in [4.69, 9.17) is 15.6 Å². The average molecular weight is 438 g/mol. The third kappa shape index (κ3) is 4.56. The first kappa shape index (κ1) is 21.1. The number of ether oxygens (including phenoxy) is 1. The van der Waals surface area contributed by atoms with Crippen LogP contribution in [0.3, 0.4) is 0 Å². The fourth-order valence-electron chi connectivity index (χ4n) is 4.35. The van der Waals surface area contributed by atoms with Crippen LogP contribution in [0.4, 0.5) is 0 Å². The minimum Gasteiger partial charge on any atom is -0.492 e. The summed E-state index contributed by atoms with van der Waals surface area (Å²) in [6.45, 7) is 4.04. The summed E-state index contributed by atoms with van der Waals surface area (Å²) < 4.78 is 7.49. The van der Waals surface area contributed by atoms with E-state index in [1.807, 2.05) is 60.7 Å². The summed E-state index contributed by atoms with van der Waals surface area (Å²) >= 11 is 0. The molecule has 0 bridgehead atoms. The zero-order valence-electron chi connectivity index (χ0n) is 18.5. The predicted octanol–water partition coefficient (Wildman–Crippen LogP) is 4.53. The third-order valence-corrected chi connectivity index (χ3v) is 6.16. The van der Waals surface area contributed by atoms with Crippen molar-refractivity contribution in [3.8, 4) is 16.9 Å². The monoisotopic (exact) mass is 437 g/mol. The van der Waals surface area contributed by atoms with Crippen LogP contribution in [0.1, 0.15) is 18.4 Å². The number of hydrogen-bond donors (Lipinski definition) is 2. The second-order valence-electron chi connectivity index (χ2n) is 8.32. The Morgan fingerprint density at radius 3 is 2.52 bits per heavy atom. The molecule has 2 N–H and O–H groups in total. The van der Waals surface area contributed by atoms with Crippen molar-refractivity contribution >= 4 is 16.7 Å². The van der Waals surface area contributed by atoms with Crippen molar-refractivity contribution in [2.45, 2.75) is 12.8 Å². The van der Waals surface area contributed by atoms with E-state index in [1.165, 1.54) is 25.9 Å². The number of nitrogens with one attached hydrogen (secondary N) is 2. The number of fused-ring (bicyclic) bond motifs is 1. The van der Waals surface area contributed by atoms with Crippen LogP contribution < -0.4 is 10.2 Å². The molecule has 0 atom stereocenters. The van der Waals surface area contributed by atoms with Gasteiger partial charge in [-0.1, -0.05) is 30.3 Å². The Kier molecular flexibility index (Phi) is 6.00. The van der Waals surface area contributed by atoms with Gasteiger partial charge in [0.05, 0.1) is 5.52 Å². The molecule has 6 nitrogen and oxygen atoms in total. The molecule has 5 rings (SSSR count). The largest absolute Gasteiger partial charge is 0.492 e. The molecule has 166 valence electrons. The van der Waals surface area contributed by atoms with Crippen LogP contribution in [0.5, 0.6) is 5.75 Å². The lowest BCUT2D eigenvalue weighted by Gasteiger charge is -2.15. The second-order valence-corrected chi connectivity index (χ2v) is 8.32. The Balaban J connectivity index is 1.31. The summed E-state index contributed by atoms with van der Waals surface area (Å²) in [5, 5.41) is 18.2. The van der Waals surface area contributed by atoms with Crippen molar-refractivity contribution in [3.05, 3.63) is 90.2 Å². The molecule has 0 amide bonds. The maximum atomic E-state index is 8.72. The van der Waals surface area contributed by atoms with Crippen molar-refractivity contribution in [1.82, 2.24) is 14.5 Å². The predicted molar refractivity (Wildman–Crippen MR) is 131 cm³/mol. The molecule has 1 aliphatic heterocycles. The Morgan fingerprint density at radius 1 is 0.939 bits per heavy atom. The molecule has 1 saturated heterocycles. The van der Waals surface area contributed by atoms with Gasteiger partial charge in [-0.05, 0) is 73.5 Å². The van der Waals surface area contributed by atoms with E-state index in [-0.39, 0.29) is 11.3 Å². The van der Waals surface area contributed by atoms with Crippen LogP contribution in [-0.4, -0.2) is 46.5 Å². The molecule has 0 aliphatic carbocycles. The lowest BCUT2D eigenvalue weighted by atomic mass is 10.1. The van der Waals surface area contributed by atoms with Gasteiger partial charge in [0, 0.05) is 29.9 Å². The topological polar surface area (TPSA) is 78.0 Å². The molecule has 3 heterocycles. The number of benzene rings is 2. The Hall–Kier alpha value is -3.77. The van der Waals surface area contributed by atoms with Crippen LogP contribution in [0.15, 0.2) is 79.1 Å². The highest BCUT2D eigenvalue weighted by Crippen LogP contribution is 2.22. The molecule has 4 aromatic rings. The van der Waals surface area contributed by atoms with Gasteiger partial charge in [0.25, 0.3) is 0 Å². The number of pyridine rings is 2. The van der Waals surface area contributed by atoms with Gasteiger partial charge in [-0.15, -0.1) is 0 Å². The van der Waals surface area contributed by atoms with E-state index < -0.39 is 0 Å². The van der Waals surface area contributed by atoms with Crippen molar-refractivity contribution in [2.24, 2.45) is 0 Å². The molecule has 2 aromatic carbocycles. The number of aromatic nitrogens is 2. The van der Waals surface area contributed by atoms with Crippen LogP contribution in [0.2, 0.25) is 0 Å². The normalized spacial score (nSPS) is 13.9. The number of rotatable bonds is 6. The molecular formula is C27H27N5O. The van der Waals surface area contributed by atoms with E-state index in [0.717, 1.165) is 39.9 Å². The Bertz CT molecular complexity index is 1330. The highest BCUT2D eigenvalue weighted by molar-refractivity contribution is 6.08. The van der Waals surface area contributed by atoms with Crippen molar-refractivity contribution < 1.29 is 4.74 Å². The lowest BCUT2D eigenvalue weighted by molar-refractivity contribution is 0.238. The van der Waals surface area contributed by atoms with Gasteiger partial charge < -0.3 is 4.74 Å². The summed E-state index contributed by atoms with van der Waals surface area (Å²) in [6.07, 6.45) is 6.08. The standard InChI is InChI=1S/C27H27N5O/c28-26-19-21(20-7-9-22(10-8-20)33-18-17-31-14-3-4-15-31)12-16-32(26)27(29)24-11-13-30-25-6-2-1-5-23(24)25/h1-2,5-13,16,19,28-29H,3-4,14-15,17-18H2. The van der Waals surface area contributed by atoms with E-state index in [2.05, 4.69) is 9.88 Å². The van der Waals surface area contributed by atoms with Gasteiger partial charge in [-0.3, -0.25) is 25.3 Å². The lowest BCUT2D eigenvalue weighted by Crippen LogP contribution is -2.26. The first-order chi connectivity index (χ1) is 16.2. The van der Waals surface area contributed by atoms with Crippen LogP contribution in [0.25, 0.3) is 22.0 Å². The van der Waals surface area contributed by atoms with Gasteiger partial charge in [-0.25, -0.2) is 0 Å². The van der Waals surface area contributed by atoms with E-state index in [0.29, 0.717) is 6.61 Å². The number of nitrogens with zero attached hydrogens (tertiary/aromatic N) is 3. The van der Waals surface area contributed by atoms with Crippen molar-refractivity contribution in [3.63, 3.8) is 0 Å². The number of para-hydroxylation sites is 1. The van der Waals surface area contributed by atoms with E-state index in [9.17, 15) is 0 Å². The summed E-state index contributed by atoms with van der Waals surface area (Å²) in [7, 11) is 0. The van der Waals surface area contributed by atoms with Crippen molar-refractivity contribution in [1.29, 1.82) is 10.8 Å². The molecule has 1 aliphatic rings. The number of likely N-dealkylation sites (tertiary alicyclic amines) is 1. The maximum Gasteiger partial charge on any atom is 0.138 e. The molecule has 6 heteroatoms. The van der Waals surface area contributed by atoms with E-state index >= 15 is 0 Å². The summed E-state index contributed by atoms with van der Waals surface area (Å²) in [5.74, 6) is 1.12. The average Bonchev–Trinajstić information content (AvgIpc) is 3.37. The molecule has 0 saturated carbocycles. The minimum atomic E-state index is 0.254. The smallest absolute Gasteiger partial charge is 0.138 e. The maximum absolute atomic E-state index is 8.72. The first-order valence-corrected chi connectivity index (χ1v) is 11.3. The first-order valence-electron chi connectivity index (χ1n) is 11.3. The molecule has 1 fully saturated rings. The van der Waals surface area contributed by atoms with Gasteiger partial charge in [0.2, 0.25) is 0 Å². The minimum absolute atomic E-state index is 0.254. The van der Waals surface area contributed by atoms with E-state index in [1.54, 1.807) is 23.0 Å². The molecule has 0 unspecified atom stereocenters. The molecule has 2 aromatic heterocycles.